The quantitative estimate of drug-likeness (QED) is 0.570. The zero-order valence-corrected chi connectivity index (χ0v) is 13.6. The van der Waals surface area contributed by atoms with Crippen LogP contribution in [0.5, 0.6) is 0 Å². The molecule has 0 bridgehead atoms. The maximum absolute atomic E-state index is 12.6. The summed E-state index contributed by atoms with van der Waals surface area (Å²) < 4.78 is 6.94. The first-order chi connectivity index (χ1) is 11.3. The molecule has 0 atom stereocenters. The van der Waals surface area contributed by atoms with E-state index in [1.54, 1.807) is 11.3 Å². The number of hydrogen-bond acceptors (Lipinski definition) is 6. The topological polar surface area (TPSA) is 71.8 Å². The highest BCUT2D eigenvalue weighted by atomic mass is 32.2. The number of thiophene rings is 1. The Labute approximate surface area is 138 Å². The van der Waals surface area contributed by atoms with Crippen molar-refractivity contribution in [3.05, 3.63) is 40.2 Å². The molecule has 4 aromatic rings. The second-order valence-electron chi connectivity index (χ2n) is 5.40. The van der Waals surface area contributed by atoms with E-state index in [4.69, 9.17) is 4.42 Å². The summed E-state index contributed by atoms with van der Waals surface area (Å²) in [6.07, 6.45) is 2.06. The van der Waals surface area contributed by atoms with Gasteiger partial charge in [0.2, 0.25) is 0 Å². The predicted octanol–water partition coefficient (Wildman–Crippen LogP) is 3.83. The van der Waals surface area contributed by atoms with Crippen LogP contribution < -0.4 is 5.56 Å². The van der Waals surface area contributed by atoms with Crippen LogP contribution in [0, 0.1) is 0 Å². The van der Waals surface area contributed by atoms with Gasteiger partial charge < -0.3 is 9.40 Å². The number of H-pyrrole nitrogens is 1. The lowest BCUT2D eigenvalue weighted by molar-refractivity contribution is 0.613. The van der Waals surface area contributed by atoms with Crippen LogP contribution in [0.2, 0.25) is 0 Å². The number of aromatic amines is 1. The van der Waals surface area contributed by atoms with Crippen LogP contribution in [-0.4, -0.2) is 20.7 Å². The van der Waals surface area contributed by atoms with Crippen molar-refractivity contribution in [3.8, 4) is 11.7 Å². The molecule has 3 aromatic heterocycles. The molecule has 1 N–H and O–H groups in total. The van der Waals surface area contributed by atoms with Gasteiger partial charge in [-0.25, -0.2) is 9.97 Å². The third-order valence-electron chi connectivity index (χ3n) is 3.92. The number of hydrogen-bond donors (Lipinski definition) is 1. The van der Waals surface area contributed by atoms with Crippen LogP contribution in [0.25, 0.3) is 33.0 Å². The Morgan fingerprint density at radius 3 is 3.04 bits per heavy atom. The summed E-state index contributed by atoms with van der Waals surface area (Å²) in [7, 11) is 0. The molecule has 114 valence electrons. The van der Waals surface area contributed by atoms with E-state index in [0.717, 1.165) is 39.9 Å². The normalized spacial score (nSPS) is 14.4. The molecule has 5 nitrogen and oxygen atoms in total. The summed E-state index contributed by atoms with van der Waals surface area (Å²) in [4.78, 5) is 25.2. The average molecular weight is 341 g/mol. The van der Waals surface area contributed by atoms with E-state index in [2.05, 4.69) is 15.0 Å². The standard InChI is InChI=1S/C16H11N3O2S2/c20-13-11-8-4-3-7-22-16(8)23-15(11)19-12(18-13)14-17-9-5-1-2-6-10(9)21-14/h1-2,5-6H,3-4,7H2,(H,18,19,20). The summed E-state index contributed by atoms with van der Waals surface area (Å²) in [6, 6.07) is 7.52. The number of benzene rings is 1. The van der Waals surface area contributed by atoms with Crippen LogP contribution in [0.4, 0.5) is 0 Å². The summed E-state index contributed by atoms with van der Waals surface area (Å²) >= 11 is 3.41. The molecule has 0 fully saturated rings. The Morgan fingerprint density at radius 1 is 1.22 bits per heavy atom. The van der Waals surface area contributed by atoms with Crippen molar-refractivity contribution >= 4 is 44.4 Å². The molecule has 1 aliphatic heterocycles. The van der Waals surface area contributed by atoms with Gasteiger partial charge in [0.05, 0.1) is 9.60 Å². The van der Waals surface area contributed by atoms with Crippen molar-refractivity contribution in [2.45, 2.75) is 17.1 Å². The second-order valence-corrected chi connectivity index (χ2v) is 7.76. The molecule has 23 heavy (non-hydrogen) atoms. The van der Waals surface area contributed by atoms with E-state index in [1.165, 1.54) is 4.21 Å². The van der Waals surface area contributed by atoms with Gasteiger partial charge >= 0.3 is 0 Å². The van der Waals surface area contributed by atoms with E-state index in [9.17, 15) is 4.79 Å². The van der Waals surface area contributed by atoms with Crippen molar-refractivity contribution in [1.29, 1.82) is 0 Å². The number of nitrogens with one attached hydrogen (secondary N) is 1. The van der Waals surface area contributed by atoms with Crippen molar-refractivity contribution in [1.82, 2.24) is 15.0 Å². The van der Waals surface area contributed by atoms with E-state index < -0.39 is 0 Å². The number of aryl methyl sites for hydroxylation is 1. The summed E-state index contributed by atoms with van der Waals surface area (Å²) in [5, 5.41) is 0.733. The number of thioether (sulfide) groups is 1. The molecule has 1 aliphatic rings. The predicted molar refractivity (Wildman–Crippen MR) is 92.3 cm³/mol. The average Bonchev–Trinajstić information content (AvgIpc) is 3.15. The monoisotopic (exact) mass is 341 g/mol. The van der Waals surface area contributed by atoms with Gasteiger partial charge in [0.25, 0.3) is 11.4 Å². The first kappa shape index (κ1) is 13.3. The summed E-state index contributed by atoms with van der Waals surface area (Å²) in [6.45, 7) is 0. The van der Waals surface area contributed by atoms with Gasteiger partial charge in [-0.05, 0) is 36.3 Å². The highest BCUT2D eigenvalue weighted by Crippen LogP contribution is 2.40. The number of para-hydroxylation sites is 2. The van der Waals surface area contributed by atoms with Crippen LogP contribution in [0.15, 0.2) is 37.7 Å². The number of oxazole rings is 1. The van der Waals surface area contributed by atoms with Crippen molar-refractivity contribution in [2.24, 2.45) is 0 Å². The van der Waals surface area contributed by atoms with Crippen LogP contribution >= 0.6 is 23.1 Å². The SMILES string of the molecule is O=c1[nH]c(-c2nc3ccccc3o2)nc2sc3c(c12)CCCS3. The molecule has 5 rings (SSSR count). The minimum atomic E-state index is -0.104. The molecular formula is C16H11N3O2S2. The molecule has 4 heterocycles. The number of aromatic nitrogens is 3. The van der Waals surface area contributed by atoms with Crippen LogP contribution in [0.1, 0.15) is 12.0 Å². The second kappa shape index (κ2) is 4.94. The van der Waals surface area contributed by atoms with Crippen molar-refractivity contribution in [3.63, 3.8) is 0 Å². The Hall–Kier alpha value is -2.12. The zero-order chi connectivity index (χ0) is 15.4. The van der Waals surface area contributed by atoms with Crippen molar-refractivity contribution < 1.29 is 4.42 Å². The summed E-state index contributed by atoms with van der Waals surface area (Å²) in [5.74, 6) is 1.85. The highest BCUT2D eigenvalue weighted by Gasteiger charge is 2.21. The number of nitrogens with zero attached hydrogens (tertiary/aromatic N) is 2. The van der Waals surface area contributed by atoms with Crippen LogP contribution in [-0.2, 0) is 6.42 Å². The zero-order valence-electron chi connectivity index (χ0n) is 12.0. The molecular weight excluding hydrogens is 330 g/mol. The van der Waals surface area contributed by atoms with Gasteiger partial charge in [0, 0.05) is 0 Å². The smallest absolute Gasteiger partial charge is 0.264 e. The molecule has 7 heteroatoms. The first-order valence-electron chi connectivity index (χ1n) is 7.34. The van der Waals surface area contributed by atoms with Gasteiger partial charge in [0.1, 0.15) is 10.3 Å². The molecule has 0 saturated heterocycles. The fourth-order valence-corrected chi connectivity index (χ4v) is 5.41. The van der Waals surface area contributed by atoms with E-state index >= 15 is 0 Å². The largest absolute Gasteiger partial charge is 0.434 e. The Balaban J connectivity index is 1.74. The molecule has 0 aliphatic carbocycles. The maximum atomic E-state index is 12.6. The lowest BCUT2D eigenvalue weighted by Crippen LogP contribution is -2.10. The first-order valence-corrected chi connectivity index (χ1v) is 9.14. The Morgan fingerprint density at radius 2 is 2.13 bits per heavy atom. The van der Waals surface area contributed by atoms with Gasteiger partial charge in [-0.15, -0.1) is 23.1 Å². The third kappa shape index (κ3) is 2.04. The van der Waals surface area contributed by atoms with E-state index in [0.29, 0.717) is 17.3 Å². The van der Waals surface area contributed by atoms with E-state index in [1.807, 2.05) is 36.0 Å². The molecule has 0 spiro atoms. The number of fused-ring (bicyclic) bond motifs is 4. The lowest BCUT2D eigenvalue weighted by atomic mass is 10.1. The van der Waals surface area contributed by atoms with Gasteiger partial charge in [-0.1, -0.05) is 12.1 Å². The van der Waals surface area contributed by atoms with Gasteiger partial charge in [-0.3, -0.25) is 4.79 Å². The minimum absolute atomic E-state index is 0.104. The van der Waals surface area contributed by atoms with Crippen LogP contribution in [0.3, 0.4) is 0 Å². The third-order valence-corrected chi connectivity index (χ3v) is 6.45. The minimum Gasteiger partial charge on any atom is -0.434 e. The van der Waals surface area contributed by atoms with Gasteiger partial charge in [-0.2, -0.15) is 0 Å². The maximum Gasteiger partial charge on any atom is 0.264 e. The van der Waals surface area contributed by atoms with Gasteiger partial charge in [0.15, 0.2) is 11.4 Å². The Kier molecular flexibility index (Phi) is 2.86. The van der Waals surface area contributed by atoms with E-state index in [-0.39, 0.29) is 5.56 Å². The fourth-order valence-electron chi connectivity index (χ4n) is 2.88. The Bertz CT molecular complexity index is 1080. The summed E-state index contributed by atoms with van der Waals surface area (Å²) in [5.41, 5.74) is 2.49. The molecule has 0 saturated carbocycles. The lowest BCUT2D eigenvalue weighted by Gasteiger charge is -2.08. The molecule has 0 unspecified atom stereocenters. The molecule has 1 aromatic carbocycles. The molecule has 0 amide bonds. The fraction of sp³-hybridized carbons (Fsp3) is 0.188. The highest BCUT2D eigenvalue weighted by molar-refractivity contribution is 8.01. The van der Waals surface area contributed by atoms with Crippen molar-refractivity contribution in [2.75, 3.05) is 5.75 Å². The number of rotatable bonds is 1. The molecule has 0 radical (unpaired) electrons.